The van der Waals surface area contributed by atoms with Crippen molar-refractivity contribution in [3.05, 3.63) is 57.5 Å². The minimum atomic E-state index is -0.128. The molecule has 3 aromatic rings. The molecule has 26 heavy (non-hydrogen) atoms. The summed E-state index contributed by atoms with van der Waals surface area (Å²) in [5, 5.41) is 6.23. The molecule has 0 spiro atoms. The van der Waals surface area contributed by atoms with Crippen molar-refractivity contribution in [2.24, 2.45) is 0 Å². The zero-order chi connectivity index (χ0) is 18.1. The Bertz CT molecular complexity index is 908. The highest BCUT2D eigenvalue weighted by Crippen LogP contribution is 2.29. The maximum atomic E-state index is 12.8. The third kappa shape index (κ3) is 3.29. The van der Waals surface area contributed by atoms with E-state index in [0.29, 0.717) is 12.3 Å². The van der Waals surface area contributed by atoms with E-state index in [-0.39, 0.29) is 11.9 Å². The molecule has 0 bridgehead atoms. The van der Waals surface area contributed by atoms with Crippen LogP contribution in [0, 0.1) is 13.8 Å². The average molecular weight is 369 g/mol. The normalized spacial score (nSPS) is 16.2. The van der Waals surface area contributed by atoms with Gasteiger partial charge >= 0.3 is 0 Å². The quantitative estimate of drug-likeness (QED) is 0.711. The molecule has 136 valence electrons. The Morgan fingerprint density at radius 1 is 1.27 bits per heavy atom. The third-order valence-corrected chi connectivity index (χ3v) is 6.18. The van der Waals surface area contributed by atoms with Crippen molar-refractivity contribution in [2.45, 2.75) is 32.7 Å². The average Bonchev–Trinajstić information content (AvgIpc) is 3.38. The zero-order valence-corrected chi connectivity index (χ0v) is 16.1. The molecule has 5 heteroatoms. The molecule has 1 aliphatic heterocycles. The molecular weight excluding hydrogens is 344 g/mol. The summed E-state index contributed by atoms with van der Waals surface area (Å²) >= 11 is 1.76. The second-order valence-corrected chi connectivity index (χ2v) is 8.02. The van der Waals surface area contributed by atoms with Crippen LogP contribution >= 0.6 is 11.3 Å². The third-order valence-electron chi connectivity index (χ3n) is 5.21. The van der Waals surface area contributed by atoms with Gasteiger partial charge < -0.3 is 9.73 Å². The van der Waals surface area contributed by atoms with Gasteiger partial charge in [0.25, 0.3) is 5.91 Å². The Morgan fingerprint density at radius 2 is 2.08 bits per heavy atom. The molecule has 3 heterocycles. The lowest BCUT2D eigenvalue weighted by atomic mass is 10.1. The number of nitrogens with zero attached hydrogens (tertiary/aromatic N) is 1. The molecule has 4 rings (SSSR count). The fourth-order valence-electron chi connectivity index (χ4n) is 3.76. The van der Waals surface area contributed by atoms with Gasteiger partial charge in [-0.25, -0.2) is 0 Å². The van der Waals surface area contributed by atoms with E-state index in [2.05, 4.69) is 33.8 Å². The summed E-state index contributed by atoms with van der Waals surface area (Å²) < 4.78 is 5.84. The lowest BCUT2D eigenvalue weighted by molar-refractivity contribution is 0.0912. The summed E-state index contributed by atoms with van der Waals surface area (Å²) in [5.74, 6) is 0.300. The molecule has 2 aromatic heterocycles. The molecule has 4 nitrogen and oxygen atoms in total. The van der Waals surface area contributed by atoms with E-state index in [1.54, 1.807) is 11.3 Å². The van der Waals surface area contributed by atoms with Gasteiger partial charge in [0.05, 0.1) is 6.04 Å². The summed E-state index contributed by atoms with van der Waals surface area (Å²) in [6.07, 6.45) is 2.47. The van der Waals surface area contributed by atoms with Gasteiger partial charge in [0.15, 0.2) is 5.76 Å². The monoisotopic (exact) mass is 368 g/mol. The second-order valence-electron chi connectivity index (χ2n) is 7.04. The van der Waals surface area contributed by atoms with E-state index in [9.17, 15) is 4.79 Å². The van der Waals surface area contributed by atoms with E-state index in [1.807, 2.05) is 26.0 Å². The van der Waals surface area contributed by atoms with Crippen molar-refractivity contribution in [1.29, 1.82) is 0 Å². The number of thiophene rings is 1. The Hall–Kier alpha value is -2.11. The van der Waals surface area contributed by atoms with Gasteiger partial charge in [0.2, 0.25) is 0 Å². The fraction of sp³-hybridized carbons (Fsp3) is 0.381. The first-order valence-electron chi connectivity index (χ1n) is 9.19. The van der Waals surface area contributed by atoms with Crippen LogP contribution in [0.4, 0.5) is 0 Å². The van der Waals surface area contributed by atoms with E-state index < -0.39 is 0 Å². The Labute approximate surface area is 157 Å². The number of likely N-dealkylation sites (tertiary alicyclic amines) is 1. The van der Waals surface area contributed by atoms with Crippen molar-refractivity contribution in [1.82, 2.24) is 10.2 Å². The van der Waals surface area contributed by atoms with E-state index in [0.717, 1.165) is 29.6 Å². The molecule has 1 amide bonds. The SMILES string of the molecule is Cc1ccc2oc(C(=O)NC[C@@H](c3cccs3)N3CCCC3)c(C)c2c1. The molecule has 0 aliphatic carbocycles. The summed E-state index contributed by atoms with van der Waals surface area (Å²) in [4.78, 5) is 16.6. The van der Waals surface area contributed by atoms with Gasteiger partial charge in [-0.05, 0) is 63.4 Å². The van der Waals surface area contributed by atoms with Gasteiger partial charge in [0, 0.05) is 22.4 Å². The molecule has 0 radical (unpaired) electrons. The number of hydrogen-bond donors (Lipinski definition) is 1. The van der Waals surface area contributed by atoms with Gasteiger partial charge in [-0.1, -0.05) is 17.7 Å². The maximum Gasteiger partial charge on any atom is 0.287 e. The maximum absolute atomic E-state index is 12.8. The first-order chi connectivity index (χ1) is 12.6. The molecule has 1 saturated heterocycles. The summed E-state index contributed by atoms with van der Waals surface area (Å²) in [5.41, 5.74) is 2.85. The molecular formula is C21H24N2O2S. The predicted molar refractivity (Wildman–Crippen MR) is 106 cm³/mol. The van der Waals surface area contributed by atoms with Crippen LogP contribution in [0.3, 0.4) is 0 Å². The molecule has 1 aliphatic rings. The van der Waals surface area contributed by atoms with Crippen LogP contribution in [-0.4, -0.2) is 30.4 Å². The summed E-state index contributed by atoms with van der Waals surface area (Å²) in [7, 11) is 0. The predicted octanol–water partition coefficient (Wildman–Crippen LogP) is 4.68. The highest BCUT2D eigenvalue weighted by Gasteiger charge is 2.26. The molecule has 0 unspecified atom stereocenters. The topological polar surface area (TPSA) is 45.5 Å². The van der Waals surface area contributed by atoms with Crippen LogP contribution < -0.4 is 5.32 Å². The van der Waals surface area contributed by atoms with Crippen molar-refractivity contribution >= 4 is 28.2 Å². The molecule has 1 atom stereocenters. The minimum Gasteiger partial charge on any atom is -0.451 e. The highest BCUT2D eigenvalue weighted by atomic mass is 32.1. The molecule has 1 aromatic carbocycles. The minimum absolute atomic E-state index is 0.128. The Kier molecular flexibility index (Phi) is 4.83. The van der Waals surface area contributed by atoms with E-state index in [4.69, 9.17) is 4.42 Å². The number of furan rings is 1. The van der Waals surface area contributed by atoms with E-state index >= 15 is 0 Å². The van der Waals surface area contributed by atoms with Crippen LogP contribution in [0.5, 0.6) is 0 Å². The van der Waals surface area contributed by atoms with Crippen molar-refractivity contribution in [2.75, 3.05) is 19.6 Å². The van der Waals surface area contributed by atoms with Crippen LogP contribution in [0.1, 0.15) is 45.4 Å². The first-order valence-corrected chi connectivity index (χ1v) is 10.1. The number of aryl methyl sites for hydroxylation is 2. The number of carbonyl (C=O) groups is 1. The van der Waals surface area contributed by atoms with Crippen LogP contribution in [0.25, 0.3) is 11.0 Å². The molecule has 0 saturated carbocycles. The van der Waals surface area contributed by atoms with Crippen LogP contribution in [0.2, 0.25) is 0 Å². The second kappa shape index (κ2) is 7.25. The number of nitrogens with one attached hydrogen (secondary N) is 1. The van der Waals surface area contributed by atoms with Crippen molar-refractivity contribution < 1.29 is 9.21 Å². The van der Waals surface area contributed by atoms with Gasteiger partial charge in [0.1, 0.15) is 5.58 Å². The number of carbonyl (C=O) groups excluding carboxylic acids is 1. The Balaban J connectivity index is 1.53. The van der Waals surface area contributed by atoms with Gasteiger partial charge in [-0.15, -0.1) is 11.3 Å². The lowest BCUT2D eigenvalue weighted by Gasteiger charge is -2.26. The van der Waals surface area contributed by atoms with Crippen molar-refractivity contribution in [3.8, 4) is 0 Å². The van der Waals surface area contributed by atoms with E-state index in [1.165, 1.54) is 23.3 Å². The lowest BCUT2D eigenvalue weighted by Crippen LogP contribution is -2.36. The largest absolute Gasteiger partial charge is 0.451 e. The van der Waals surface area contributed by atoms with Gasteiger partial charge in [-0.2, -0.15) is 0 Å². The Morgan fingerprint density at radius 3 is 2.81 bits per heavy atom. The number of rotatable bonds is 5. The first kappa shape index (κ1) is 17.3. The highest BCUT2D eigenvalue weighted by molar-refractivity contribution is 7.10. The summed E-state index contributed by atoms with van der Waals surface area (Å²) in [6.45, 7) is 6.81. The zero-order valence-electron chi connectivity index (χ0n) is 15.2. The van der Waals surface area contributed by atoms with Crippen LogP contribution in [0.15, 0.2) is 40.1 Å². The number of hydrogen-bond acceptors (Lipinski definition) is 4. The number of amides is 1. The van der Waals surface area contributed by atoms with Crippen molar-refractivity contribution in [3.63, 3.8) is 0 Å². The van der Waals surface area contributed by atoms with Crippen LogP contribution in [-0.2, 0) is 0 Å². The number of fused-ring (bicyclic) bond motifs is 1. The fourth-order valence-corrected chi connectivity index (χ4v) is 4.63. The molecule has 1 fully saturated rings. The summed E-state index contributed by atoms with van der Waals surface area (Å²) in [6, 6.07) is 10.5. The standard InChI is InChI=1S/C21H24N2O2S/c1-14-7-8-18-16(12-14)15(2)20(25-18)21(24)22-13-17(19-6-5-11-26-19)23-9-3-4-10-23/h5-8,11-12,17H,3-4,9-10,13H2,1-2H3,(H,22,24)/t17-/m0/s1. The smallest absolute Gasteiger partial charge is 0.287 e. The molecule has 1 N–H and O–H groups in total. The number of benzene rings is 1. The van der Waals surface area contributed by atoms with Gasteiger partial charge in [-0.3, -0.25) is 9.69 Å².